The Morgan fingerprint density at radius 1 is 1.09 bits per heavy atom. The molecule has 1 aliphatic rings. The minimum Gasteiger partial charge on any atom is -0.360 e. The maximum atomic E-state index is 12.0. The van der Waals surface area contributed by atoms with E-state index in [0.717, 1.165) is 23.5 Å². The molecule has 1 aliphatic heterocycles. The van der Waals surface area contributed by atoms with Crippen LogP contribution in [0.15, 0.2) is 54.6 Å². The lowest BCUT2D eigenvalue weighted by Gasteiger charge is -2.28. The number of benzene rings is 2. The minimum absolute atomic E-state index is 0.0384. The fourth-order valence-corrected chi connectivity index (χ4v) is 2.60. The molecule has 3 rings (SSSR count). The number of nitrogens with zero attached hydrogens (tertiary/aromatic N) is 1. The summed E-state index contributed by atoms with van der Waals surface area (Å²) in [5.74, 6) is -0.00205. The Morgan fingerprint density at radius 2 is 1.83 bits per heavy atom. The molecular weight excluding hydrogens is 290 g/mol. The highest BCUT2D eigenvalue weighted by atomic mass is 16.2. The fourth-order valence-electron chi connectivity index (χ4n) is 2.60. The van der Waals surface area contributed by atoms with Crippen molar-refractivity contribution < 1.29 is 9.59 Å². The van der Waals surface area contributed by atoms with Gasteiger partial charge in [0.2, 0.25) is 11.8 Å². The maximum absolute atomic E-state index is 12.0. The first-order chi connectivity index (χ1) is 11.2. The maximum Gasteiger partial charge on any atom is 0.239 e. The molecule has 0 aromatic heterocycles. The first-order valence-electron chi connectivity index (χ1n) is 7.66. The highest BCUT2D eigenvalue weighted by Crippen LogP contribution is 2.18. The van der Waals surface area contributed by atoms with E-state index in [1.54, 1.807) is 0 Å². The van der Waals surface area contributed by atoms with Crippen molar-refractivity contribution in [2.75, 3.05) is 29.9 Å². The number of nitrogens with one attached hydrogen (secondary N) is 2. The predicted octanol–water partition coefficient (Wildman–Crippen LogP) is 1.80. The summed E-state index contributed by atoms with van der Waals surface area (Å²) in [4.78, 5) is 25.5. The monoisotopic (exact) mass is 309 g/mol. The van der Waals surface area contributed by atoms with Gasteiger partial charge < -0.3 is 15.5 Å². The van der Waals surface area contributed by atoms with E-state index in [0.29, 0.717) is 19.5 Å². The summed E-state index contributed by atoms with van der Waals surface area (Å²) in [6, 6.07) is 17.2. The van der Waals surface area contributed by atoms with Crippen LogP contribution < -0.4 is 15.5 Å². The summed E-state index contributed by atoms with van der Waals surface area (Å²) in [6.07, 6.45) is 0.356. The van der Waals surface area contributed by atoms with Crippen molar-refractivity contribution >= 4 is 23.2 Å². The lowest BCUT2D eigenvalue weighted by Crippen LogP contribution is -2.47. The van der Waals surface area contributed by atoms with Crippen molar-refractivity contribution in [3.63, 3.8) is 0 Å². The van der Waals surface area contributed by atoms with Gasteiger partial charge in [-0.2, -0.15) is 0 Å². The van der Waals surface area contributed by atoms with Gasteiger partial charge in [-0.25, -0.2) is 0 Å². The normalized spacial score (nSPS) is 14.3. The second-order valence-corrected chi connectivity index (χ2v) is 5.53. The predicted molar refractivity (Wildman–Crippen MR) is 90.4 cm³/mol. The Labute approximate surface area is 135 Å². The lowest BCUT2D eigenvalue weighted by atomic mass is 10.1. The van der Waals surface area contributed by atoms with E-state index in [1.165, 1.54) is 0 Å². The topological polar surface area (TPSA) is 61.4 Å². The van der Waals surface area contributed by atoms with E-state index in [2.05, 4.69) is 10.6 Å². The van der Waals surface area contributed by atoms with Gasteiger partial charge in [0, 0.05) is 24.5 Å². The number of carbonyl (C=O) groups excluding carboxylic acids is 2. The number of hydrogen-bond donors (Lipinski definition) is 2. The molecule has 2 amide bonds. The van der Waals surface area contributed by atoms with Crippen LogP contribution in [0.2, 0.25) is 0 Å². The van der Waals surface area contributed by atoms with Crippen molar-refractivity contribution in [3.8, 4) is 0 Å². The molecule has 0 radical (unpaired) electrons. The van der Waals surface area contributed by atoms with Gasteiger partial charge in [0.25, 0.3) is 0 Å². The molecule has 2 aromatic carbocycles. The third-order valence-electron chi connectivity index (χ3n) is 3.76. The smallest absolute Gasteiger partial charge is 0.239 e. The number of hydrogen-bond acceptors (Lipinski definition) is 3. The van der Waals surface area contributed by atoms with Gasteiger partial charge in [0.15, 0.2) is 0 Å². The molecule has 0 bridgehead atoms. The van der Waals surface area contributed by atoms with Gasteiger partial charge in [-0.3, -0.25) is 9.59 Å². The van der Waals surface area contributed by atoms with Crippen molar-refractivity contribution in [2.24, 2.45) is 0 Å². The molecule has 5 heteroatoms. The number of rotatable bonds is 4. The molecule has 0 unspecified atom stereocenters. The molecular formula is C18H19N3O2. The van der Waals surface area contributed by atoms with Gasteiger partial charge >= 0.3 is 0 Å². The second-order valence-electron chi connectivity index (χ2n) is 5.53. The Hall–Kier alpha value is -2.82. The van der Waals surface area contributed by atoms with Crippen LogP contribution in [0.25, 0.3) is 0 Å². The second kappa shape index (κ2) is 6.96. The third kappa shape index (κ3) is 4.10. The Balaban J connectivity index is 1.59. The van der Waals surface area contributed by atoms with E-state index >= 15 is 0 Å². The van der Waals surface area contributed by atoms with Crippen LogP contribution in [0.3, 0.4) is 0 Å². The molecule has 5 nitrogen and oxygen atoms in total. The number of amides is 2. The van der Waals surface area contributed by atoms with Crippen molar-refractivity contribution in [1.29, 1.82) is 0 Å². The SMILES string of the molecule is O=C1CN(c2ccc(NC(=O)Cc3ccccc3)cc2)CCN1. The van der Waals surface area contributed by atoms with Gasteiger partial charge in [0.1, 0.15) is 0 Å². The largest absolute Gasteiger partial charge is 0.360 e. The average Bonchev–Trinajstić information content (AvgIpc) is 2.56. The number of piperazine rings is 1. The molecule has 0 saturated carbocycles. The van der Waals surface area contributed by atoms with Crippen LogP contribution in [-0.4, -0.2) is 31.4 Å². The highest BCUT2D eigenvalue weighted by molar-refractivity contribution is 5.92. The van der Waals surface area contributed by atoms with Gasteiger partial charge in [-0.1, -0.05) is 30.3 Å². The molecule has 0 spiro atoms. The molecule has 2 N–H and O–H groups in total. The van der Waals surface area contributed by atoms with Crippen LogP contribution in [0.5, 0.6) is 0 Å². The van der Waals surface area contributed by atoms with Crippen LogP contribution in [0, 0.1) is 0 Å². The number of anilines is 2. The zero-order chi connectivity index (χ0) is 16.1. The van der Waals surface area contributed by atoms with E-state index in [9.17, 15) is 9.59 Å². The van der Waals surface area contributed by atoms with Crippen LogP contribution in [0.1, 0.15) is 5.56 Å². The molecule has 2 aromatic rings. The molecule has 1 heterocycles. The Morgan fingerprint density at radius 3 is 2.52 bits per heavy atom. The zero-order valence-electron chi connectivity index (χ0n) is 12.8. The summed E-state index contributed by atoms with van der Waals surface area (Å²) in [6.45, 7) is 1.83. The molecule has 1 fully saturated rings. The number of carbonyl (C=O) groups is 2. The van der Waals surface area contributed by atoms with Crippen LogP contribution >= 0.6 is 0 Å². The highest BCUT2D eigenvalue weighted by Gasteiger charge is 2.16. The molecule has 1 saturated heterocycles. The Bertz CT molecular complexity index is 683. The minimum atomic E-state index is -0.0405. The fraction of sp³-hybridized carbons (Fsp3) is 0.222. The third-order valence-corrected chi connectivity index (χ3v) is 3.76. The van der Waals surface area contributed by atoms with E-state index < -0.39 is 0 Å². The molecule has 118 valence electrons. The van der Waals surface area contributed by atoms with Gasteiger partial charge in [-0.05, 0) is 29.8 Å². The van der Waals surface area contributed by atoms with E-state index in [-0.39, 0.29) is 11.8 Å². The molecule has 0 aliphatic carbocycles. The molecule has 0 atom stereocenters. The van der Waals surface area contributed by atoms with Crippen molar-refractivity contribution in [2.45, 2.75) is 6.42 Å². The van der Waals surface area contributed by atoms with E-state index in [4.69, 9.17) is 0 Å². The van der Waals surface area contributed by atoms with E-state index in [1.807, 2.05) is 59.5 Å². The zero-order valence-corrected chi connectivity index (χ0v) is 12.8. The van der Waals surface area contributed by atoms with Crippen molar-refractivity contribution in [3.05, 3.63) is 60.2 Å². The lowest BCUT2D eigenvalue weighted by molar-refractivity contribution is -0.120. The summed E-state index contributed by atoms with van der Waals surface area (Å²) >= 11 is 0. The quantitative estimate of drug-likeness (QED) is 0.905. The first kappa shape index (κ1) is 15.1. The van der Waals surface area contributed by atoms with Crippen LogP contribution in [0.4, 0.5) is 11.4 Å². The van der Waals surface area contributed by atoms with Gasteiger partial charge in [0.05, 0.1) is 13.0 Å². The average molecular weight is 309 g/mol. The summed E-state index contributed by atoms with van der Waals surface area (Å²) in [5.41, 5.74) is 2.73. The summed E-state index contributed by atoms with van der Waals surface area (Å²) in [7, 11) is 0. The molecule has 23 heavy (non-hydrogen) atoms. The Kier molecular flexibility index (Phi) is 4.57. The van der Waals surface area contributed by atoms with Gasteiger partial charge in [-0.15, -0.1) is 0 Å². The first-order valence-corrected chi connectivity index (χ1v) is 7.66. The summed E-state index contributed by atoms with van der Waals surface area (Å²) < 4.78 is 0. The van der Waals surface area contributed by atoms with Crippen molar-refractivity contribution in [1.82, 2.24) is 5.32 Å². The standard InChI is InChI=1S/C18H19N3O2/c22-17(12-14-4-2-1-3-5-14)20-15-6-8-16(9-7-15)21-11-10-19-18(23)13-21/h1-9H,10-13H2,(H,19,23)(H,20,22). The summed E-state index contributed by atoms with van der Waals surface area (Å²) in [5, 5.41) is 5.70. The van der Waals surface area contributed by atoms with Crippen LogP contribution in [-0.2, 0) is 16.0 Å².